The topological polar surface area (TPSA) is 80.3 Å². The number of carbonyl (C=O) groups is 2. The number of unbranched alkanes of at least 4 members (excludes halogenated alkanes) is 18. The molecule has 0 heterocycles. The van der Waals surface area contributed by atoms with Crippen molar-refractivity contribution in [2.24, 2.45) is 0 Å². The quantitative estimate of drug-likeness (QED) is 0.0629. The van der Waals surface area contributed by atoms with Crippen molar-refractivity contribution in [3.05, 3.63) is 48.6 Å². The summed E-state index contributed by atoms with van der Waals surface area (Å²) in [7, 11) is 0. The maximum atomic E-state index is 10.1. The van der Waals surface area contributed by atoms with E-state index < -0.39 is 11.9 Å². The first-order valence-corrected chi connectivity index (χ1v) is 23.3. The van der Waals surface area contributed by atoms with Crippen LogP contribution < -0.4 is 10.2 Å². The Morgan fingerprint density at radius 3 is 1.04 bits per heavy atom. The maximum absolute atomic E-state index is 10.1. The summed E-state index contributed by atoms with van der Waals surface area (Å²) < 4.78 is 3.25. The third-order valence-electron chi connectivity index (χ3n) is 7.82. The molecule has 0 saturated carbocycles. The van der Waals surface area contributed by atoms with E-state index >= 15 is 0 Å². The molecule has 0 N–H and O–H groups in total. The van der Waals surface area contributed by atoms with Crippen LogP contribution in [0.4, 0.5) is 0 Å². The first-order chi connectivity index (χ1) is 22.8. The Labute approximate surface area is 302 Å². The summed E-state index contributed by atoms with van der Waals surface area (Å²) in [6, 6.07) is 8.02. The van der Waals surface area contributed by atoms with Crippen LogP contribution in [0.25, 0.3) is 12.2 Å². The van der Waals surface area contributed by atoms with Crippen molar-refractivity contribution in [2.75, 3.05) is 0 Å². The molecule has 0 saturated heterocycles. The van der Waals surface area contributed by atoms with Gasteiger partial charge in [0.2, 0.25) is 0 Å². The van der Waals surface area contributed by atoms with Crippen molar-refractivity contribution in [1.82, 2.24) is 0 Å². The van der Waals surface area contributed by atoms with E-state index in [-0.39, 0.29) is 34.0 Å². The summed E-state index contributed by atoms with van der Waals surface area (Å²) in [4.78, 5) is 20.2. The zero-order valence-electron chi connectivity index (χ0n) is 31.4. The van der Waals surface area contributed by atoms with E-state index in [0.717, 1.165) is 36.8 Å². The molecule has 0 aromatic heterocycles. The fourth-order valence-corrected chi connectivity index (χ4v) is 8.93. The van der Waals surface area contributed by atoms with Gasteiger partial charge in [0.25, 0.3) is 0 Å². The molecule has 0 unspecified atom stereocenters. The number of hydrogen-bond donors (Lipinski definition) is 0. The Morgan fingerprint density at radius 2 is 0.787 bits per heavy atom. The minimum atomic E-state index is -0.909. The molecule has 0 spiro atoms. The fourth-order valence-electron chi connectivity index (χ4n) is 4.77. The summed E-state index contributed by atoms with van der Waals surface area (Å²) in [5.74, 6) is -1.82. The van der Waals surface area contributed by atoms with E-state index in [0.29, 0.717) is 0 Å². The molecule has 0 radical (unpaired) electrons. The van der Waals surface area contributed by atoms with Crippen molar-refractivity contribution < 1.29 is 19.8 Å². The normalized spacial score (nSPS) is 9.79. The second kappa shape index (κ2) is 44.4. The van der Waals surface area contributed by atoms with Crippen LogP contribution in [-0.4, -0.2) is 33.1 Å². The molecule has 0 amide bonds. The van der Waals surface area contributed by atoms with Gasteiger partial charge in [0.05, 0.1) is 0 Å². The molecular formula is C42H74O4Sn. The Balaban J connectivity index is -0.000000558. The van der Waals surface area contributed by atoms with Gasteiger partial charge in [-0.1, -0.05) is 166 Å². The molecule has 0 aliphatic heterocycles. The van der Waals surface area contributed by atoms with Crippen molar-refractivity contribution >= 4 is 45.2 Å². The number of aliphatic carboxylic acids is 2. The van der Waals surface area contributed by atoms with Gasteiger partial charge >= 0.3 is 69.5 Å². The van der Waals surface area contributed by atoms with Gasteiger partial charge < -0.3 is 19.8 Å². The molecule has 270 valence electrons. The van der Waals surface area contributed by atoms with Crippen molar-refractivity contribution in [1.29, 1.82) is 0 Å². The predicted octanol–water partition coefficient (Wildman–Crippen LogP) is 11.4. The number of benzene rings is 1. The van der Waals surface area contributed by atoms with Crippen molar-refractivity contribution in [2.45, 2.75) is 191 Å². The summed E-state index contributed by atoms with van der Waals surface area (Å²) >= 11 is 0.149. The third kappa shape index (κ3) is 46.6. The van der Waals surface area contributed by atoms with Crippen LogP contribution in [0, 0.1) is 0 Å². The minimum absolute atomic E-state index is 0.149. The zero-order chi connectivity index (χ0) is 35.6. The monoisotopic (exact) mass is 762 g/mol. The summed E-state index contributed by atoms with van der Waals surface area (Å²) in [5, 5.41) is 20.2. The molecule has 0 fully saturated rings. The van der Waals surface area contributed by atoms with Crippen molar-refractivity contribution in [3.63, 3.8) is 0 Å². The zero-order valence-corrected chi connectivity index (χ0v) is 34.3. The van der Waals surface area contributed by atoms with Gasteiger partial charge in [-0.2, -0.15) is 0 Å². The number of carbonyl (C=O) groups excluding carboxylic acids is 2. The number of rotatable bonds is 28. The molecule has 47 heavy (non-hydrogen) atoms. The predicted molar refractivity (Wildman–Crippen MR) is 206 cm³/mol. The van der Waals surface area contributed by atoms with Gasteiger partial charge in [0, 0.05) is 11.9 Å². The van der Waals surface area contributed by atoms with Crippen LogP contribution in [0.3, 0.4) is 0 Å². The average molecular weight is 762 g/mol. The SMILES string of the molecule is C=Cc1ccccc1C=C.CCCCCCCCCCCC(=O)[O-].CCCCCCCCCCCC(=O)[O-].CCC[CH2][Sn+2][CH2]CCC. The molecule has 1 aromatic carbocycles. The molecule has 0 atom stereocenters. The third-order valence-corrected chi connectivity index (χ3v) is 11.9. The molecule has 4 nitrogen and oxygen atoms in total. The van der Waals surface area contributed by atoms with Gasteiger partial charge in [-0.15, -0.1) is 0 Å². The van der Waals surface area contributed by atoms with Gasteiger partial charge in [0.1, 0.15) is 0 Å². The summed E-state index contributed by atoms with van der Waals surface area (Å²) in [6.07, 6.45) is 31.8. The summed E-state index contributed by atoms with van der Waals surface area (Å²) in [6.45, 7) is 16.4. The Bertz CT molecular complexity index is 743. The van der Waals surface area contributed by atoms with E-state index in [9.17, 15) is 19.8 Å². The second-order valence-corrected chi connectivity index (χ2v) is 16.7. The second-order valence-electron chi connectivity index (χ2n) is 12.4. The molecule has 1 aromatic rings. The van der Waals surface area contributed by atoms with Crippen LogP contribution >= 0.6 is 0 Å². The van der Waals surface area contributed by atoms with Crippen LogP contribution in [0.2, 0.25) is 8.87 Å². The molecule has 0 aliphatic carbocycles. The number of hydrogen-bond acceptors (Lipinski definition) is 4. The van der Waals surface area contributed by atoms with E-state index in [1.807, 2.05) is 36.4 Å². The average Bonchev–Trinajstić information content (AvgIpc) is 3.07. The van der Waals surface area contributed by atoms with E-state index in [2.05, 4.69) is 40.9 Å². The Kier molecular flexibility index (Phi) is 47.1. The van der Waals surface area contributed by atoms with Gasteiger partial charge in [0.15, 0.2) is 0 Å². The standard InChI is InChI=1S/2C12H24O2.C10H10.2C4H9.Sn/c2*1-2-3-4-5-6-7-8-9-10-11-12(13)14;1-3-9-7-5-6-8-10(9)4-2;2*1-3-4-2;/h2*2-11H2,1H3,(H,13,14);3-8H,1-2H2;2*1,3-4H2,2H3;/q;;;;;+2/p-2. The Hall–Kier alpha value is -1.56. The van der Waals surface area contributed by atoms with Crippen LogP contribution in [0.1, 0.15) is 193 Å². The van der Waals surface area contributed by atoms with Crippen LogP contribution in [-0.2, 0) is 9.59 Å². The first-order valence-electron chi connectivity index (χ1n) is 19.3. The molecule has 1 rings (SSSR count). The van der Waals surface area contributed by atoms with Gasteiger partial charge in [-0.3, -0.25) is 0 Å². The molecule has 0 bridgehead atoms. The number of carboxylic acid groups (broad SMARTS) is 2. The van der Waals surface area contributed by atoms with E-state index in [1.54, 1.807) is 8.87 Å². The van der Waals surface area contributed by atoms with E-state index in [1.165, 1.54) is 116 Å². The number of carboxylic acids is 2. The van der Waals surface area contributed by atoms with E-state index in [4.69, 9.17) is 0 Å². The molecular weight excluding hydrogens is 687 g/mol. The summed E-state index contributed by atoms with van der Waals surface area (Å²) in [5.41, 5.74) is 2.27. The fraction of sp³-hybridized carbons (Fsp3) is 0.714. The van der Waals surface area contributed by atoms with Crippen molar-refractivity contribution in [3.8, 4) is 0 Å². The van der Waals surface area contributed by atoms with Gasteiger partial charge in [-0.25, -0.2) is 0 Å². The van der Waals surface area contributed by atoms with Crippen LogP contribution in [0.15, 0.2) is 37.4 Å². The van der Waals surface area contributed by atoms with Crippen LogP contribution in [0.5, 0.6) is 0 Å². The first kappa shape index (κ1) is 49.8. The molecule has 0 aliphatic rings. The molecule has 5 heteroatoms. The Morgan fingerprint density at radius 1 is 0.511 bits per heavy atom. The van der Waals surface area contributed by atoms with Gasteiger partial charge in [-0.05, 0) is 36.8 Å².